The van der Waals surface area contributed by atoms with E-state index in [1.54, 1.807) is 0 Å². The zero-order chi connectivity index (χ0) is 17.8. The molecule has 1 aromatic heterocycles. The summed E-state index contributed by atoms with van der Waals surface area (Å²) in [5.41, 5.74) is 3.24. The first kappa shape index (κ1) is 19.6. The van der Waals surface area contributed by atoms with Gasteiger partial charge in [-0.25, -0.2) is 4.98 Å². The van der Waals surface area contributed by atoms with Crippen LogP contribution in [0, 0.1) is 5.92 Å². The van der Waals surface area contributed by atoms with Crippen molar-refractivity contribution in [1.29, 1.82) is 0 Å². The number of rotatable bonds is 4. The van der Waals surface area contributed by atoms with Gasteiger partial charge < -0.3 is 20.5 Å². The highest BCUT2D eigenvalue weighted by molar-refractivity contribution is 7.80. The number of carbonyl (C=O) groups excluding carboxylic acids is 1. The van der Waals surface area contributed by atoms with Gasteiger partial charge in [-0.1, -0.05) is 26.0 Å². The summed E-state index contributed by atoms with van der Waals surface area (Å²) in [7, 11) is 0. The fraction of sp³-hybridized carbons (Fsp3) is 0.211. The molecule has 0 unspecified atom stereocenters. The summed E-state index contributed by atoms with van der Waals surface area (Å²) in [4.78, 5) is 16.2. The first-order valence-electron chi connectivity index (χ1n) is 8.08. The largest absolute Gasteiger partial charge is 0.436 e. The number of hydrogen-bond acceptors (Lipinski definition) is 4. The Morgan fingerprint density at radius 2 is 1.85 bits per heavy atom. The second-order valence-electron chi connectivity index (χ2n) is 6.16. The fourth-order valence-corrected chi connectivity index (χ4v) is 2.63. The van der Waals surface area contributed by atoms with Gasteiger partial charge >= 0.3 is 0 Å². The average Bonchev–Trinajstić information content (AvgIpc) is 2.98. The molecule has 0 aliphatic heterocycles. The van der Waals surface area contributed by atoms with Crippen molar-refractivity contribution in [2.45, 2.75) is 20.3 Å². The normalized spacial score (nSPS) is 10.4. The van der Waals surface area contributed by atoms with Gasteiger partial charge in [0.1, 0.15) is 5.52 Å². The summed E-state index contributed by atoms with van der Waals surface area (Å²) < 4.78 is 5.75. The van der Waals surface area contributed by atoms with Crippen LogP contribution >= 0.6 is 12.2 Å². The highest BCUT2D eigenvalue weighted by atomic mass is 32.1. The van der Waals surface area contributed by atoms with E-state index in [1.165, 1.54) is 0 Å². The molecule has 0 fully saturated rings. The number of hydrogen-bond donors (Lipinski definition) is 2. The van der Waals surface area contributed by atoms with Crippen LogP contribution in [0.1, 0.15) is 20.3 Å². The number of amides is 1. The minimum atomic E-state index is -0.0874. The van der Waals surface area contributed by atoms with Crippen molar-refractivity contribution in [3.05, 3.63) is 48.5 Å². The molecule has 4 N–H and O–H groups in total. The topological polar surface area (TPSA) is 98.7 Å². The van der Waals surface area contributed by atoms with Gasteiger partial charge in [0, 0.05) is 17.7 Å². The van der Waals surface area contributed by atoms with E-state index in [9.17, 15) is 4.79 Å². The molecule has 0 saturated carbocycles. The quantitative estimate of drug-likeness (QED) is 0.684. The molecule has 6 nitrogen and oxygen atoms in total. The average molecular weight is 371 g/mol. The molecule has 26 heavy (non-hydrogen) atoms. The van der Waals surface area contributed by atoms with Gasteiger partial charge in [0.25, 0.3) is 0 Å². The van der Waals surface area contributed by atoms with Crippen LogP contribution in [0.15, 0.2) is 52.9 Å². The maximum atomic E-state index is 11.7. The Labute approximate surface area is 156 Å². The Morgan fingerprint density at radius 3 is 2.50 bits per heavy atom. The lowest BCUT2D eigenvalue weighted by Gasteiger charge is -2.10. The first-order valence-corrected chi connectivity index (χ1v) is 8.49. The van der Waals surface area contributed by atoms with E-state index in [-0.39, 0.29) is 11.4 Å². The van der Waals surface area contributed by atoms with Crippen molar-refractivity contribution in [3.63, 3.8) is 0 Å². The summed E-state index contributed by atoms with van der Waals surface area (Å²) in [5.74, 6) is 0.773. The van der Waals surface area contributed by atoms with Gasteiger partial charge in [-0.3, -0.25) is 4.79 Å². The van der Waals surface area contributed by atoms with Gasteiger partial charge in [-0.2, -0.15) is 0 Å². The Hall–Kier alpha value is -2.77. The number of aromatic nitrogens is 1. The van der Waals surface area contributed by atoms with Crippen LogP contribution in [0.5, 0.6) is 0 Å². The third-order valence-electron chi connectivity index (χ3n) is 3.53. The predicted molar refractivity (Wildman–Crippen MR) is 107 cm³/mol. The molecule has 1 heterocycles. The van der Waals surface area contributed by atoms with Crippen LogP contribution in [-0.4, -0.2) is 21.5 Å². The van der Waals surface area contributed by atoms with Crippen molar-refractivity contribution < 1.29 is 14.7 Å². The number of fused-ring (bicyclic) bond motifs is 1. The molecule has 0 radical (unpaired) electrons. The number of thiocarbonyl (C=S) groups is 1. The molecule has 0 atom stereocenters. The van der Waals surface area contributed by atoms with E-state index >= 15 is 0 Å². The first-order chi connectivity index (χ1) is 12.0. The van der Waals surface area contributed by atoms with E-state index in [1.807, 2.05) is 62.4 Å². The Balaban J connectivity index is 0.00000243. The lowest BCUT2D eigenvalue weighted by atomic mass is 10.1. The summed E-state index contributed by atoms with van der Waals surface area (Å²) in [6.45, 7) is 3.97. The van der Waals surface area contributed by atoms with E-state index < -0.39 is 0 Å². The lowest BCUT2D eigenvalue weighted by molar-refractivity contribution is -0.120. The fourth-order valence-electron chi connectivity index (χ4n) is 2.40. The molecule has 0 aliphatic rings. The molecule has 136 valence electrons. The predicted octanol–water partition coefficient (Wildman–Crippen LogP) is 3.53. The van der Waals surface area contributed by atoms with Crippen LogP contribution in [0.3, 0.4) is 0 Å². The summed E-state index contributed by atoms with van der Waals surface area (Å²) in [6.07, 6.45) is 0.443. The number of benzene rings is 2. The van der Waals surface area contributed by atoms with Crippen molar-refractivity contribution >= 4 is 40.0 Å². The van der Waals surface area contributed by atoms with Crippen LogP contribution in [0.4, 0.5) is 5.69 Å². The molecular formula is C19H21N3O3S. The molecule has 2 aromatic carbocycles. The minimum Gasteiger partial charge on any atom is -0.436 e. The SMILES string of the molecule is CC(C)CC(=O)NC(=S)Nc1ccc(-c2nc3ccccc3o2)cc1.O. The number of anilines is 1. The standard InChI is InChI=1S/C19H19N3O2S.H2O/c1-12(2)11-17(23)22-19(25)20-14-9-7-13(8-10-14)18-21-15-5-3-4-6-16(15)24-18;/h3-10,12H,11H2,1-2H3,(H2,20,22,23,25);1H2. The number of oxazole rings is 1. The van der Waals surface area contributed by atoms with Crippen molar-refractivity contribution in [1.82, 2.24) is 10.3 Å². The van der Waals surface area contributed by atoms with Crippen LogP contribution in [0.25, 0.3) is 22.6 Å². The molecule has 0 aliphatic carbocycles. The highest BCUT2D eigenvalue weighted by Gasteiger charge is 2.09. The minimum absolute atomic E-state index is 0. The number of carbonyl (C=O) groups is 1. The molecule has 0 saturated heterocycles. The number of para-hydroxylation sites is 2. The summed E-state index contributed by atoms with van der Waals surface area (Å²) in [5, 5.41) is 5.97. The smallest absolute Gasteiger partial charge is 0.227 e. The van der Waals surface area contributed by atoms with Gasteiger partial charge in [0.05, 0.1) is 0 Å². The van der Waals surface area contributed by atoms with Gasteiger partial charge in [0.15, 0.2) is 10.7 Å². The van der Waals surface area contributed by atoms with Gasteiger partial charge in [0.2, 0.25) is 11.8 Å². The van der Waals surface area contributed by atoms with Gasteiger partial charge in [-0.15, -0.1) is 0 Å². The Bertz CT molecular complexity index is 871. The van der Waals surface area contributed by atoms with Crippen molar-refractivity contribution in [3.8, 4) is 11.5 Å². The van der Waals surface area contributed by atoms with Crippen molar-refractivity contribution in [2.24, 2.45) is 5.92 Å². The van der Waals surface area contributed by atoms with Crippen molar-refractivity contribution in [2.75, 3.05) is 5.32 Å². The van der Waals surface area contributed by atoms with Crippen LogP contribution in [0.2, 0.25) is 0 Å². The molecule has 1 amide bonds. The highest BCUT2D eigenvalue weighted by Crippen LogP contribution is 2.25. The third-order valence-corrected chi connectivity index (χ3v) is 3.73. The molecule has 0 bridgehead atoms. The van der Waals surface area contributed by atoms with E-state index in [0.29, 0.717) is 23.3 Å². The molecule has 7 heteroatoms. The number of nitrogens with zero attached hydrogens (tertiary/aromatic N) is 1. The molecule has 0 spiro atoms. The summed E-state index contributed by atoms with van der Waals surface area (Å²) in [6, 6.07) is 15.2. The second-order valence-corrected chi connectivity index (χ2v) is 6.57. The van der Waals surface area contributed by atoms with Gasteiger partial charge in [-0.05, 0) is 54.5 Å². The van der Waals surface area contributed by atoms with E-state index in [2.05, 4.69) is 15.6 Å². The summed E-state index contributed by atoms with van der Waals surface area (Å²) >= 11 is 5.16. The maximum Gasteiger partial charge on any atom is 0.227 e. The lowest BCUT2D eigenvalue weighted by Crippen LogP contribution is -2.34. The second kappa shape index (κ2) is 8.55. The Kier molecular flexibility index (Phi) is 6.43. The van der Waals surface area contributed by atoms with E-state index in [0.717, 1.165) is 22.4 Å². The monoisotopic (exact) mass is 371 g/mol. The Morgan fingerprint density at radius 1 is 1.15 bits per heavy atom. The molecule has 3 rings (SSSR count). The van der Waals surface area contributed by atoms with E-state index in [4.69, 9.17) is 16.6 Å². The van der Waals surface area contributed by atoms with Crippen LogP contribution in [-0.2, 0) is 4.79 Å². The van der Waals surface area contributed by atoms with Crippen LogP contribution < -0.4 is 10.6 Å². The maximum absolute atomic E-state index is 11.7. The molecular weight excluding hydrogens is 350 g/mol. The number of nitrogens with one attached hydrogen (secondary N) is 2. The third kappa shape index (κ3) is 4.87. The zero-order valence-electron chi connectivity index (χ0n) is 14.6. The zero-order valence-corrected chi connectivity index (χ0v) is 15.4. The molecule has 3 aromatic rings.